The van der Waals surface area contributed by atoms with Crippen molar-refractivity contribution in [3.05, 3.63) is 0 Å². The highest BCUT2D eigenvalue weighted by Crippen LogP contribution is 2.23. The van der Waals surface area contributed by atoms with E-state index < -0.39 is 30.6 Å². The molecular formula is C45H84O10. The van der Waals surface area contributed by atoms with Crippen LogP contribution in [0, 0.1) is 0 Å². The Labute approximate surface area is 336 Å². The van der Waals surface area contributed by atoms with Crippen LogP contribution >= 0.6 is 0 Å². The Kier molecular flexibility index (Phi) is 37.1. The van der Waals surface area contributed by atoms with E-state index >= 15 is 0 Å². The van der Waals surface area contributed by atoms with Gasteiger partial charge in [0.1, 0.15) is 18.6 Å². The average molecular weight is 785 g/mol. The molecule has 0 aliphatic rings. The summed E-state index contributed by atoms with van der Waals surface area (Å²) in [5.41, 5.74) is 0. The van der Waals surface area contributed by atoms with Crippen LogP contribution in [0.25, 0.3) is 0 Å². The van der Waals surface area contributed by atoms with Crippen LogP contribution in [0.15, 0.2) is 0 Å². The van der Waals surface area contributed by atoms with Crippen molar-refractivity contribution >= 4 is 23.9 Å². The summed E-state index contributed by atoms with van der Waals surface area (Å²) in [7, 11) is 2.83. The summed E-state index contributed by atoms with van der Waals surface area (Å²) in [5.74, 6) is -1.49. The molecule has 0 aromatic heterocycles. The van der Waals surface area contributed by atoms with Crippen LogP contribution in [-0.2, 0) is 47.6 Å². The Hall–Kier alpha value is -2.20. The second-order valence-electron chi connectivity index (χ2n) is 15.1. The maximum absolute atomic E-state index is 13.4. The maximum Gasteiger partial charge on any atom is 0.317 e. The lowest BCUT2D eigenvalue weighted by molar-refractivity contribution is -0.170. The summed E-state index contributed by atoms with van der Waals surface area (Å²) in [6.45, 7) is 9.39. The van der Waals surface area contributed by atoms with E-state index in [0.717, 1.165) is 109 Å². The second-order valence-corrected chi connectivity index (χ2v) is 15.1. The van der Waals surface area contributed by atoms with Crippen molar-refractivity contribution < 1.29 is 47.6 Å². The summed E-state index contributed by atoms with van der Waals surface area (Å²) in [5, 5.41) is 0. The number of methoxy groups -OCH3 is 2. The summed E-state index contributed by atoms with van der Waals surface area (Å²) in [6.07, 6.45) is 25.1. The van der Waals surface area contributed by atoms with Crippen LogP contribution < -0.4 is 0 Å². The predicted molar refractivity (Wildman–Crippen MR) is 220 cm³/mol. The van der Waals surface area contributed by atoms with Gasteiger partial charge in [0.05, 0.1) is 26.4 Å². The van der Waals surface area contributed by atoms with Crippen molar-refractivity contribution in [2.45, 2.75) is 238 Å². The van der Waals surface area contributed by atoms with Crippen LogP contribution in [-0.4, -0.2) is 75.7 Å². The monoisotopic (exact) mass is 785 g/mol. The minimum absolute atomic E-state index is 0.169. The van der Waals surface area contributed by atoms with Gasteiger partial charge in [-0.15, -0.1) is 0 Å². The van der Waals surface area contributed by atoms with Crippen LogP contribution in [0.3, 0.4) is 0 Å². The Bertz CT molecular complexity index is 925. The standard InChI is InChI=1S/C45H84O10/c1-7-11-13-15-19-25-31-38(52-9-3)41(34-28-22-18-24-30-36-43(47)51-6)55-45(49)37-44(48)54-40(33-27-20-16-14-12-8-2)39(53-10-4)32-26-21-17-23-29-35-42(46)50-5/h38-41H,7-37H2,1-6H3. The smallest absolute Gasteiger partial charge is 0.317 e. The van der Waals surface area contributed by atoms with Crippen LogP contribution in [0.5, 0.6) is 0 Å². The maximum atomic E-state index is 13.4. The minimum atomic E-state index is -0.570. The summed E-state index contributed by atoms with van der Waals surface area (Å²) in [6, 6.07) is 0. The van der Waals surface area contributed by atoms with Crippen molar-refractivity contribution in [1.82, 2.24) is 0 Å². The summed E-state index contributed by atoms with van der Waals surface area (Å²) >= 11 is 0. The highest BCUT2D eigenvalue weighted by molar-refractivity contribution is 5.91. The number of esters is 4. The molecule has 0 saturated carbocycles. The van der Waals surface area contributed by atoms with Crippen molar-refractivity contribution in [3.63, 3.8) is 0 Å². The van der Waals surface area contributed by atoms with Gasteiger partial charge in [0.25, 0.3) is 0 Å². The molecule has 0 rings (SSSR count). The van der Waals surface area contributed by atoms with Gasteiger partial charge in [-0.05, 0) is 65.2 Å². The largest absolute Gasteiger partial charge is 0.469 e. The molecule has 4 unspecified atom stereocenters. The fraction of sp³-hybridized carbons (Fsp3) is 0.911. The van der Waals surface area contributed by atoms with Crippen LogP contribution in [0.2, 0.25) is 0 Å². The lowest BCUT2D eigenvalue weighted by Gasteiger charge is -2.28. The van der Waals surface area contributed by atoms with Gasteiger partial charge in [-0.1, -0.05) is 129 Å². The molecule has 0 aromatic rings. The molecule has 55 heavy (non-hydrogen) atoms. The van der Waals surface area contributed by atoms with Crippen molar-refractivity contribution in [2.24, 2.45) is 0 Å². The Morgan fingerprint density at radius 1 is 0.364 bits per heavy atom. The number of unbranched alkanes of at least 4 members (excludes halogenated alkanes) is 18. The molecule has 10 nitrogen and oxygen atoms in total. The molecule has 0 saturated heterocycles. The first-order chi connectivity index (χ1) is 26.8. The fourth-order valence-corrected chi connectivity index (χ4v) is 7.11. The zero-order chi connectivity index (χ0) is 40.8. The van der Waals surface area contributed by atoms with Crippen molar-refractivity contribution in [1.29, 1.82) is 0 Å². The number of ether oxygens (including phenoxy) is 6. The van der Waals surface area contributed by atoms with E-state index in [1.807, 2.05) is 13.8 Å². The molecule has 0 aliphatic heterocycles. The lowest BCUT2D eigenvalue weighted by Crippen LogP contribution is -2.36. The van der Waals surface area contributed by atoms with E-state index in [4.69, 9.17) is 28.4 Å². The lowest BCUT2D eigenvalue weighted by atomic mass is 9.99. The third-order valence-electron chi connectivity index (χ3n) is 10.3. The number of rotatable bonds is 40. The zero-order valence-corrected chi connectivity index (χ0v) is 36.3. The Morgan fingerprint density at radius 3 is 0.964 bits per heavy atom. The van der Waals surface area contributed by atoms with Gasteiger partial charge < -0.3 is 28.4 Å². The Balaban J connectivity index is 5.48. The predicted octanol–water partition coefficient (Wildman–Crippen LogP) is 11.3. The molecule has 0 bridgehead atoms. The van der Waals surface area contributed by atoms with Crippen molar-refractivity contribution in [3.8, 4) is 0 Å². The molecule has 0 fully saturated rings. The molecule has 4 atom stereocenters. The number of carbonyl (C=O) groups is 4. The third-order valence-corrected chi connectivity index (χ3v) is 10.3. The molecule has 0 radical (unpaired) electrons. The second kappa shape index (κ2) is 38.7. The normalized spacial score (nSPS) is 13.5. The summed E-state index contributed by atoms with van der Waals surface area (Å²) in [4.78, 5) is 49.7. The molecular weight excluding hydrogens is 700 g/mol. The van der Waals surface area contributed by atoms with E-state index in [1.165, 1.54) is 59.2 Å². The fourth-order valence-electron chi connectivity index (χ4n) is 7.11. The highest BCUT2D eigenvalue weighted by Gasteiger charge is 2.29. The van der Waals surface area contributed by atoms with Crippen LogP contribution in [0.4, 0.5) is 0 Å². The van der Waals surface area contributed by atoms with E-state index in [1.54, 1.807) is 0 Å². The van der Waals surface area contributed by atoms with E-state index in [0.29, 0.717) is 38.9 Å². The minimum Gasteiger partial charge on any atom is -0.469 e. The van der Waals surface area contributed by atoms with E-state index in [9.17, 15) is 19.2 Å². The highest BCUT2D eigenvalue weighted by atomic mass is 16.6. The number of hydrogen-bond acceptors (Lipinski definition) is 10. The van der Waals surface area contributed by atoms with Gasteiger partial charge in [0.2, 0.25) is 0 Å². The first-order valence-electron chi connectivity index (χ1n) is 22.5. The van der Waals surface area contributed by atoms with Gasteiger partial charge in [-0.2, -0.15) is 0 Å². The number of carbonyl (C=O) groups excluding carboxylic acids is 4. The molecule has 0 aromatic carbocycles. The van der Waals surface area contributed by atoms with Crippen LogP contribution in [0.1, 0.15) is 214 Å². The zero-order valence-electron chi connectivity index (χ0n) is 36.3. The molecule has 10 heteroatoms. The SMILES string of the molecule is CCCCCCCCC(OCC)C(CCCCCCCC(=O)OC)OC(=O)CC(=O)OC(CCCCCCCC)C(CCCCCCCC(=O)OC)OCC. The van der Waals surface area contributed by atoms with E-state index in [-0.39, 0.29) is 24.1 Å². The average Bonchev–Trinajstić information content (AvgIpc) is 3.17. The van der Waals surface area contributed by atoms with Gasteiger partial charge in [0, 0.05) is 26.1 Å². The number of hydrogen-bond donors (Lipinski definition) is 0. The van der Waals surface area contributed by atoms with Gasteiger partial charge in [-0.3, -0.25) is 19.2 Å². The summed E-state index contributed by atoms with van der Waals surface area (Å²) < 4.78 is 34.0. The van der Waals surface area contributed by atoms with Crippen molar-refractivity contribution in [2.75, 3.05) is 27.4 Å². The molecule has 324 valence electrons. The molecule has 0 heterocycles. The quantitative estimate of drug-likeness (QED) is 0.0257. The third kappa shape index (κ3) is 31.6. The van der Waals surface area contributed by atoms with Gasteiger partial charge in [-0.25, -0.2) is 0 Å². The molecule has 0 amide bonds. The molecule has 0 aliphatic carbocycles. The van der Waals surface area contributed by atoms with E-state index in [2.05, 4.69) is 13.8 Å². The first-order valence-corrected chi connectivity index (χ1v) is 22.5. The van der Waals surface area contributed by atoms with Gasteiger partial charge in [0.15, 0.2) is 0 Å². The first kappa shape index (κ1) is 52.8. The molecule has 0 N–H and O–H groups in total. The molecule has 0 spiro atoms. The topological polar surface area (TPSA) is 124 Å². The van der Waals surface area contributed by atoms with Gasteiger partial charge >= 0.3 is 23.9 Å². The Morgan fingerprint density at radius 2 is 0.655 bits per heavy atom.